The Labute approximate surface area is 190 Å². The normalized spacial score (nSPS) is 20.3. The van der Waals surface area contributed by atoms with Crippen molar-refractivity contribution in [2.45, 2.75) is 69.7 Å². The smallest absolute Gasteiger partial charge is 0.243 e. The van der Waals surface area contributed by atoms with E-state index >= 15 is 0 Å². The molecule has 1 fully saturated rings. The SMILES string of the molecule is CCCn1nnc2cc(S(=O)(=O)N3CCC[C@@H](C(=O)NCCC4=CCCCC4)C3)ccc21. The first-order valence-corrected chi connectivity index (χ1v) is 13.2. The zero-order valence-corrected chi connectivity index (χ0v) is 19.6. The highest BCUT2D eigenvalue weighted by Crippen LogP contribution is 2.26. The zero-order valence-electron chi connectivity index (χ0n) is 18.8. The van der Waals surface area contributed by atoms with Crippen molar-refractivity contribution in [3.8, 4) is 0 Å². The van der Waals surface area contributed by atoms with Gasteiger partial charge in [0.05, 0.1) is 16.3 Å². The van der Waals surface area contributed by atoms with E-state index in [0.717, 1.165) is 37.7 Å². The maximum absolute atomic E-state index is 13.3. The third-order valence-electron chi connectivity index (χ3n) is 6.44. The molecular weight excluding hydrogens is 426 g/mol. The van der Waals surface area contributed by atoms with E-state index in [1.165, 1.54) is 22.7 Å². The number of piperidine rings is 1. The van der Waals surface area contributed by atoms with Gasteiger partial charge in [0.1, 0.15) is 5.52 Å². The van der Waals surface area contributed by atoms with Crippen LogP contribution in [0.3, 0.4) is 0 Å². The van der Waals surface area contributed by atoms with E-state index in [4.69, 9.17) is 0 Å². The van der Waals surface area contributed by atoms with E-state index in [9.17, 15) is 13.2 Å². The molecule has 1 N–H and O–H groups in total. The fraction of sp³-hybridized carbons (Fsp3) is 0.609. The molecular formula is C23H33N5O3S. The predicted octanol–water partition coefficient (Wildman–Crippen LogP) is 3.25. The fourth-order valence-corrected chi connectivity index (χ4v) is 6.18. The second kappa shape index (κ2) is 10.1. The van der Waals surface area contributed by atoms with Gasteiger partial charge in [0.25, 0.3) is 0 Å². The summed E-state index contributed by atoms with van der Waals surface area (Å²) < 4.78 is 29.8. The third-order valence-corrected chi connectivity index (χ3v) is 8.30. The molecule has 1 atom stereocenters. The molecule has 174 valence electrons. The molecule has 0 unspecified atom stereocenters. The lowest BCUT2D eigenvalue weighted by molar-refractivity contribution is -0.126. The van der Waals surface area contributed by atoms with Gasteiger partial charge in [-0.1, -0.05) is 23.8 Å². The number of aromatic nitrogens is 3. The summed E-state index contributed by atoms with van der Waals surface area (Å²) in [5.74, 6) is -0.354. The molecule has 4 rings (SSSR count). The van der Waals surface area contributed by atoms with Crippen LogP contribution >= 0.6 is 0 Å². The topological polar surface area (TPSA) is 97.2 Å². The highest BCUT2D eigenvalue weighted by molar-refractivity contribution is 7.89. The van der Waals surface area contributed by atoms with Crippen LogP contribution in [-0.4, -0.2) is 53.3 Å². The monoisotopic (exact) mass is 459 g/mol. The summed E-state index contributed by atoms with van der Waals surface area (Å²) >= 11 is 0. The van der Waals surface area contributed by atoms with Gasteiger partial charge in [-0.15, -0.1) is 5.10 Å². The first-order valence-electron chi connectivity index (χ1n) is 11.8. The third kappa shape index (κ3) is 5.04. The molecule has 2 aromatic rings. The minimum atomic E-state index is -3.69. The summed E-state index contributed by atoms with van der Waals surface area (Å²) in [7, 11) is -3.69. The first kappa shape index (κ1) is 22.9. The largest absolute Gasteiger partial charge is 0.356 e. The Hall–Kier alpha value is -2.26. The summed E-state index contributed by atoms with van der Waals surface area (Å²) in [4.78, 5) is 12.9. The van der Waals surface area contributed by atoms with Crippen LogP contribution in [0.2, 0.25) is 0 Å². The molecule has 0 spiro atoms. The summed E-state index contributed by atoms with van der Waals surface area (Å²) in [5, 5.41) is 11.3. The van der Waals surface area contributed by atoms with E-state index in [1.54, 1.807) is 22.9 Å². The fourth-order valence-electron chi connectivity index (χ4n) is 4.64. The van der Waals surface area contributed by atoms with Crippen LogP contribution in [0, 0.1) is 5.92 Å². The van der Waals surface area contributed by atoms with Crippen LogP contribution in [0.25, 0.3) is 11.0 Å². The summed E-state index contributed by atoms with van der Waals surface area (Å²) in [6.45, 7) is 4.07. The van der Waals surface area contributed by atoms with Crippen molar-refractivity contribution >= 4 is 27.0 Å². The van der Waals surface area contributed by atoms with Crippen molar-refractivity contribution in [1.82, 2.24) is 24.6 Å². The standard InChI is InChI=1S/C23H33N5O3S/c1-2-14-28-22-11-10-20(16-21(22)25-26-28)32(30,31)27-15-6-9-19(17-27)23(29)24-13-12-18-7-4-3-5-8-18/h7,10-11,16,19H,2-6,8-9,12-15,17H2,1H3,(H,24,29)/t19-/m1/s1. The molecule has 1 amide bonds. The van der Waals surface area contributed by atoms with Gasteiger partial charge in [-0.05, 0) is 69.6 Å². The molecule has 1 aliphatic carbocycles. The van der Waals surface area contributed by atoms with E-state index in [2.05, 4.69) is 28.6 Å². The van der Waals surface area contributed by atoms with Crippen LogP contribution in [0.4, 0.5) is 0 Å². The second-order valence-electron chi connectivity index (χ2n) is 8.81. The van der Waals surface area contributed by atoms with Gasteiger partial charge in [-0.3, -0.25) is 4.79 Å². The number of nitrogens with one attached hydrogen (secondary N) is 1. The maximum Gasteiger partial charge on any atom is 0.243 e. The van der Waals surface area contributed by atoms with Gasteiger partial charge < -0.3 is 5.32 Å². The molecule has 1 aromatic carbocycles. The lowest BCUT2D eigenvalue weighted by atomic mass is 9.96. The number of amides is 1. The Morgan fingerprint density at radius 2 is 2.12 bits per heavy atom. The first-order chi connectivity index (χ1) is 15.5. The lowest BCUT2D eigenvalue weighted by Crippen LogP contribution is -2.45. The average Bonchev–Trinajstić information content (AvgIpc) is 3.22. The molecule has 1 saturated heterocycles. The number of benzene rings is 1. The number of nitrogens with zero attached hydrogens (tertiary/aromatic N) is 4. The molecule has 0 saturated carbocycles. The van der Waals surface area contributed by atoms with Crippen molar-refractivity contribution in [2.24, 2.45) is 5.92 Å². The van der Waals surface area contributed by atoms with Gasteiger partial charge in [-0.25, -0.2) is 13.1 Å². The van der Waals surface area contributed by atoms with Crippen LogP contribution < -0.4 is 5.32 Å². The molecule has 0 radical (unpaired) electrons. The molecule has 32 heavy (non-hydrogen) atoms. The number of carbonyl (C=O) groups excluding carboxylic acids is 1. The summed E-state index contributed by atoms with van der Waals surface area (Å²) in [5.41, 5.74) is 2.83. The Morgan fingerprint density at radius 3 is 2.91 bits per heavy atom. The van der Waals surface area contributed by atoms with Crippen LogP contribution in [-0.2, 0) is 21.4 Å². The summed E-state index contributed by atoms with van der Waals surface area (Å²) in [6, 6.07) is 4.98. The predicted molar refractivity (Wildman–Crippen MR) is 123 cm³/mol. The van der Waals surface area contributed by atoms with Gasteiger partial charge in [0, 0.05) is 26.2 Å². The molecule has 1 aromatic heterocycles. The van der Waals surface area contributed by atoms with Gasteiger partial charge in [-0.2, -0.15) is 4.31 Å². The number of rotatable bonds is 8. The number of carbonyl (C=O) groups is 1. The van der Waals surface area contributed by atoms with Crippen LogP contribution in [0.5, 0.6) is 0 Å². The van der Waals surface area contributed by atoms with Gasteiger partial charge >= 0.3 is 0 Å². The maximum atomic E-state index is 13.3. The van der Waals surface area contributed by atoms with Crippen LogP contribution in [0.15, 0.2) is 34.7 Å². The van der Waals surface area contributed by atoms with Crippen molar-refractivity contribution in [3.63, 3.8) is 0 Å². The number of sulfonamides is 1. The van der Waals surface area contributed by atoms with Crippen molar-refractivity contribution in [3.05, 3.63) is 29.8 Å². The number of allylic oxidation sites excluding steroid dienone is 1. The molecule has 2 aliphatic rings. The zero-order chi connectivity index (χ0) is 22.6. The Balaban J connectivity index is 1.39. The molecule has 0 bridgehead atoms. The van der Waals surface area contributed by atoms with Crippen molar-refractivity contribution < 1.29 is 13.2 Å². The quantitative estimate of drug-likeness (QED) is 0.611. The highest BCUT2D eigenvalue weighted by Gasteiger charge is 2.33. The average molecular weight is 460 g/mol. The van der Waals surface area contributed by atoms with E-state index in [0.29, 0.717) is 31.4 Å². The molecule has 2 heterocycles. The Kier molecular flexibility index (Phi) is 7.25. The Bertz CT molecular complexity index is 1090. The van der Waals surface area contributed by atoms with Crippen LogP contribution in [0.1, 0.15) is 58.3 Å². The highest BCUT2D eigenvalue weighted by atomic mass is 32.2. The van der Waals surface area contributed by atoms with Crippen molar-refractivity contribution in [2.75, 3.05) is 19.6 Å². The number of aryl methyl sites for hydroxylation is 1. The molecule has 8 nitrogen and oxygen atoms in total. The van der Waals surface area contributed by atoms with E-state index < -0.39 is 10.0 Å². The van der Waals surface area contributed by atoms with E-state index in [1.807, 2.05) is 0 Å². The van der Waals surface area contributed by atoms with E-state index in [-0.39, 0.29) is 23.3 Å². The molecule has 9 heteroatoms. The van der Waals surface area contributed by atoms with Gasteiger partial charge in [0.2, 0.25) is 15.9 Å². The second-order valence-corrected chi connectivity index (χ2v) is 10.8. The lowest BCUT2D eigenvalue weighted by Gasteiger charge is -2.31. The minimum absolute atomic E-state index is 0.0423. The number of fused-ring (bicyclic) bond motifs is 1. The summed E-state index contributed by atoms with van der Waals surface area (Å²) in [6.07, 6.45) is 10.3. The van der Waals surface area contributed by atoms with Crippen molar-refractivity contribution in [1.29, 1.82) is 0 Å². The minimum Gasteiger partial charge on any atom is -0.356 e. The number of hydrogen-bond donors (Lipinski definition) is 1. The number of hydrogen-bond acceptors (Lipinski definition) is 5. The molecule has 1 aliphatic heterocycles. The Morgan fingerprint density at radius 1 is 1.25 bits per heavy atom. The van der Waals surface area contributed by atoms with Gasteiger partial charge in [0.15, 0.2) is 0 Å².